The van der Waals surface area contributed by atoms with Crippen molar-refractivity contribution in [3.05, 3.63) is 69.5 Å². The number of para-hydroxylation sites is 1. The van der Waals surface area contributed by atoms with Crippen molar-refractivity contribution < 1.29 is 9.18 Å². The molecule has 1 heterocycles. The predicted molar refractivity (Wildman–Crippen MR) is 127 cm³/mol. The lowest BCUT2D eigenvalue weighted by Crippen LogP contribution is -2.43. The Morgan fingerprint density at radius 3 is 2.53 bits per heavy atom. The van der Waals surface area contributed by atoms with Crippen LogP contribution in [0, 0.1) is 11.2 Å². The summed E-state index contributed by atoms with van der Waals surface area (Å²) in [7, 11) is 0. The summed E-state index contributed by atoms with van der Waals surface area (Å²) in [5.41, 5.74) is 0.0600. The average molecular weight is 458 g/mol. The number of halogens is 2. The zero-order valence-electron chi connectivity index (χ0n) is 19.2. The highest BCUT2D eigenvalue weighted by Gasteiger charge is 2.33. The molecule has 0 aliphatic heterocycles. The molecular formula is C25H29ClFN3O2. The smallest absolute Gasteiger partial charge is 0.266 e. The van der Waals surface area contributed by atoms with Gasteiger partial charge >= 0.3 is 0 Å². The molecular weight excluding hydrogens is 429 g/mol. The van der Waals surface area contributed by atoms with E-state index in [2.05, 4.69) is 6.92 Å². The summed E-state index contributed by atoms with van der Waals surface area (Å²) in [6.45, 7) is 10.1. The van der Waals surface area contributed by atoms with E-state index in [0.29, 0.717) is 29.0 Å². The molecule has 0 bridgehead atoms. The van der Waals surface area contributed by atoms with Crippen LogP contribution in [-0.4, -0.2) is 26.9 Å². The second-order valence-electron chi connectivity index (χ2n) is 9.00. The molecule has 0 radical (unpaired) electrons. The maximum Gasteiger partial charge on any atom is 0.266 e. The van der Waals surface area contributed by atoms with E-state index in [1.54, 1.807) is 23.1 Å². The van der Waals surface area contributed by atoms with Crippen molar-refractivity contribution >= 4 is 28.4 Å². The Morgan fingerprint density at radius 1 is 1.22 bits per heavy atom. The Morgan fingerprint density at radius 2 is 1.91 bits per heavy atom. The number of carbonyl (C=O) groups excluding carboxylic acids is 1. The Labute approximate surface area is 192 Å². The molecule has 0 aliphatic carbocycles. The van der Waals surface area contributed by atoms with Gasteiger partial charge in [-0.2, -0.15) is 0 Å². The normalized spacial score (nSPS) is 12.7. The number of unbranched alkanes of at least 4 members (excludes halogenated alkanes) is 1. The van der Waals surface area contributed by atoms with Gasteiger partial charge in [-0.05, 0) is 43.7 Å². The summed E-state index contributed by atoms with van der Waals surface area (Å²) in [5.74, 6) is -0.186. The first kappa shape index (κ1) is 23.9. The molecule has 0 saturated heterocycles. The van der Waals surface area contributed by atoms with Gasteiger partial charge in [-0.15, -0.1) is 0 Å². The van der Waals surface area contributed by atoms with Crippen molar-refractivity contribution in [1.82, 2.24) is 14.5 Å². The van der Waals surface area contributed by atoms with Crippen molar-refractivity contribution in [3.8, 4) is 5.69 Å². The fraction of sp³-hybridized carbons (Fsp3) is 0.400. The molecule has 1 aromatic heterocycles. The molecule has 32 heavy (non-hydrogen) atoms. The van der Waals surface area contributed by atoms with Crippen molar-refractivity contribution in [1.29, 1.82) is 0 Å². The van der Waals surface area contributed by atoms with Crippen LogP contribution < -0.4 is 5.56 Å². The summed E-state index contributed by atoms with van der Waals surface area (Å²) in [6, 6.07) is 10.7. The first-order chi connectivity index (χ1) is 15.1. The Balaban J connectivity index is 2.28. The molecule has 1 unspecified atom stereocenters. The third-order valence-electron chi connectivity index (χ3n) is 5.46. The summed E-state index contributed by atoms with van der Waals surface area (Å²) in [4.78, 5) is 33.4. The van der Waals surface area contributed by atoms with Gasteiger partial charge < -0.3 is 4.90 Å². The lowest BCUT2D eigenvalue weighted by molar-refractivity contribution is -0.142. The first-order valence-electron chi connectivity index (χ1n) is 10.8. The first-order valence-corrected chi connectivity index (χ1v) is 11.2. The van der Waals surface area contributed by atoms with Gasteiger partial charge in [0.05, 0.1) is 27.7 Å². The van der Waals surface area contributed by atoms with E-state index in [-0.39, 0.29) is 16.5 Å². The number of amides is 1. The van der Waals surface area contributed by atoms with E-state index in [1.165, 1.54) is 22.8 Å². The molecule has 5 nitrogen and oxygen atoms in total. The molecule has 170 valence electrons. The fourth-order valence-electron chi connectivity index (χ4n) is 3.67. The number of nitrogens with zero attached hydrogens (tertiary/aromatic N) is 3. The fourth-order valence-corrected chi connectivity index (χ4v) is 3.85. The summed E-state index contributed by atoms with van der Waals surface area (Å²) in [6.07, 6.45) is 1.75. The number of aromatic nitrogens is 2. The number of hydrogen-bond donors (Lipinski definition) is 0. The molecule has 1 atom stereocenters. The van der Waals surface area contributed by atoms with Gasteiger partial charge in [0, 0.05) is 12.0 Å². The highest BCUT2D eigenvalue weighted by atomic mass is 35.5. The second kappa shape index (κ2) is 9.41. The van der Waals surface area contributed by atoms with Gasteiger partial charge in [0.25, 0.3) is 5.56 Å². The van der Waals surface area contributed by atoms with Crippen LogP contribution >= 0.6 is 11.6 Å². The number of fused-ring (bicyclic) bond motifs is 1. The predicted octanol–water partition coefficient (Wildman–Crippen LogP) is 5.91. The quantitative estimate of drug-likeness (QED) is 0.462. The van der Waals surface area contributed by atoms with E-state index in [9.17, 15) is 14.0 Å². The molecule has 0 N–H and O–H groups in total. The Kier molecular flexibility index (Phi) is 7.03. The van der Waals surface area contributed by atoms with Gasteiger partial charge in [0.1, 0.15) is 11.6 Å². The van der Waals surface area contributed by atoms with Crippen LogP contribution in [0.25, 0.3) is 16.6 Å². The van der Waals surface area contributed by atoms with Crippen molar-refractivity contribution in [2.45, 2.75) is 53.5 Å². The average Bonchev–Trinajstić information content (AvgIpc) is 2.75. The van der Waals surface area contributed by atoms with Crippen molar-refractivity contribution in [2.24, 2.45) is 5.41 Å². The number of carbonyl (C=O) groups is 1. The third-order valence-corrected chi connectivity index (χ3v) is 5.75. The Hall–Kier alpha value is -2.73. The van der Waals surface area contributed by atoms with Crippen LogP contribution in [0.1, 0.15) is 59.3 Å². The zero-order chi connectivity index (χ0) is 23.6. The highest BCUT2D eigenvalue weighted by Crippen LogP contribution is 2.29. The molecule has 2 aromatic carbocycles. The standard InChI is InChI=1S/C25H29ClFN3O2/c1-6-7-14-29(24(32)25(3,4)5)16(2)22-28-21-11-9-8-10-18(21)23(31)30(22)17-12-13-20(27)19(26)15-17/h8-13,15-16H,6-7,14H2,1-5H3. The van der Waals surface area contributed by atoms with Crippen LogP contribution in [0.15, 0.2) is 47.3 Å². The molecule has 0 saturated carbocycles. The minimum atomic E-state index is -0.594. The number of hydrogen-bond acceptors (Lipinski definition) is 3. The third kappa shape index (κ3) is 4.70. The highest BCUT2D eigenvalue weighted by molar-refractivity contribution is 6.30. The van der Waals surface area contributed by atoms with Crippen LogP contribution in [-0.2, 0) is 4.79 Å². The second-order valence-corrected chi connectivity index (χ2v) is 9.41. The molecule has 1 amide bonds. The molecule has 0 aliphatic rings. The zero-order valence-corrected chi connectivity index (χ0v) is 19.9. The SMILES string of the molecule is CCCCN(C(=O)C(C)(C)C)C(C)c1nc2ccccc2c(=O)n1-c1ccc(F)c(Cl)c1. The minimum absolute atomic E-state index is 0.0236. The van der Waals surface area contributed by atoms with Crippen molar-refractivity contribution in [3.63, 3.8) is 0 Å². The summed E-state index contributed by atoms with van der Waals surface area (Å²) >= 11 is 6.03. The maximum atomic E-state index is 13.8. The van der Waals surface area contributed by atoms with Crippen LogP contribution in [0.2, 0.25) is 5.02 Å². The van der Waals surface area contributed by atoms with Crippen LogP contribution in [0.3, 0.4) is 0 Å². The van der Waals surface area contributed by atoms with Gasteiger partial charge in [-0.3, -0.25) is 14.2 Å². The molecule has 0 fully saturated rings. The van der Waals surface area contributed by atoms with Gasteiger partial charge in [-0.25, -0.2) is 9.37 Å². The van der Waals surface area contributed by atoms with Crippen LogP contribution in [0.5, 0.6) is 0 Å². The largest absolute Gasteiger partial charge is 0.332 e. The van der Waals surface area contributed by atoms with Crippen LogP contribution in [0.4, 0.5) is 4.39 Å². The summed E-state index contributed by atoms with van der Waals surface area (Å²) in [5, 5.41) is 0.348. The maximum absolute atomic E-state index is 13.8. The van der Waals surface area contributed by atoms with E-state index >= 15 is 0 Å². The van der Waals surface area contributed by atoms with E-state index in [0.717, 1.165) is 12.8 Å². The molecule has 0 spiro atoms. The Bertz CT molecular complexity index is 1200. The minimum Gasteiger partial charge on any atom is -0.332 e. The van der Waals surface area contributed by atoms with Gasteiger partial charge in [0.2, 0.25) is 5.91 Å². The van der Waals surface area contributed by atoms with E-state index in [1.807, 2.05) is 33.8 Å². The lowest BCUT2D eigenvalue weighted by Gasteiger charge is -2.35. The molecule has 3 aromatic rings. The monoisotopic (exact) mass is 457 g/mol. The van der Waals surface area contributed by atoms with Gasteiger partial charge in [0.15, 0.2) is 0 Å². The molecule has 7 heteroatoms. The van der Waals surface area contributed by atoms with Crippen molar-refractivity contribution in [2.75, 3.05) is 6.54 Å². The lowest BCUT2D eigenvalue weighted by atomic mass is 9.93. The topological polar surface area (TPSA) is 55.2 Å². The molecule has 3 rings (SSSR count). The van der Waals surface area contributed by atoms with E-state index in [4.69, 9.17) is 16.6 Å². The van der Waals surface area contributed by atoms with E-state index < -0.39 is 17.3 Å². The number of benzene rings is 2. The number of rotatable bonds is 6. The van der Waals surface area contributed by atoms with Gasteiger partial charge in [-0.1, -0.05) is 57.8 Å². The summed E-state index contributed by atoms with van der Waals surface area (Å²) < 4.78 is 15.3.